The number of aryl methyl sites for hydroxylation is 1. The van der Waals surface area contributed by atoms with Gasteiger partial charge in [-0.05, 0) is 25.6 Å². The summed E-state index contributed by atoms with van der Waals surface area (Å²) in [5, 5.41) is 4.00. The van der Waals surface area contributed by atoms with E-state index in [1.54, 1.807) is 0 Å². The van der Waals surface area contributed by atoms with Crippen molar-refractivity contribution < 1.29 is 9.53 Å². The average molecular weight is 273 g/mol. The monoisotopic (exact) mass is 273 g/mol. The Hall–Kier alpha value is -2.14. The van der Waals surface area contributed by atoms with Gasteiger partial charge in [0.2, 0.25) is 5.91 Å². The summed E-state index contributed by atoms with van der Waals surface area (Å²) >= 11 is 0. The van der Waals surface area contributed by atoms with Crippen LogP contribution >= 0.6 is 0 Å². The van der Waals surface area contributed by atoms with Crippen molar-refractivity contribution in [2.45, 2.75) is 19.9 Å². The maximum absolute atomic E-state index is 11.3. The van der Waals surface area contributed by atoms with Crippen molar-refractivity contribution in [3.8, 4) is 5.75 Å². The second-order valence-corrected chi connectivity index (χ2v) is 4.60. The number of amides is 1. The molecule has 2 aromatic rings. The highest BCUT2D eigenvalue weighted by molar-refractivity contribution is 5.84. The van der Waals surface area contributed by atoms with E-state index in [0.29, 0.717) is 12.3 Å². The summed E-state index contributed by atoms with van der Waals surface area (Å²) < 4.78 is 5.72. The van der Waals surface area contributed by atoms with Crippen LogP contribution in [0.2, 0.25) is 0 Å². The lowest BCUT2D eigenvalue weighted by Crippen LogP contribution is -2.45. The van der Waals surface area contributed by atoms with E-state index >= 15 is 0 Å². The van der Waals surface area contributed by atoms with Gasteiger partial charge >= 0.3 is 0 Å². The molecule has 0 fully saturated rings. The Balaban J connectivity index is 2.21. The van der Waals surface area contributed by atoms with Crippen LogP contribution in [0.5, 0.6) is 5.75 Å². The van der Waals surface area contributed by atoms with Crippen LogP contribution in [0.1, 0.15) is 12.6 Å². The van der Waals surface area contributed by atoms with Crippen LogP contribution in [0.4, 0.5) is 0 Å². The molecule has 0 radical (unpaired) electrons. The molecule has 1 aromatic carbocycles. The summed E-state index contributed by atoms with van der Waals surface area (Å²) in [5.41, 5.74) is 7.05. The molecule has 106 valence electrons. The van der Waals surface area contributed by atoms with Crippen LogP contribution in [0.3, 0.4) is 0 Å². The Labute approximate surface area is 118 Å². The number of nitrogens with one attached hydrogen (secondary N) is 1. The highest BCUT2D eigenvalue weighted by Crippen LogP contribution is 2.23. The Kier molecular flexibility index (Phi) is 4.53. The van der Waals surface area contributed by atoms with Gasteiger partial charge in [-0.3, -0.25) is 4.79 Å². The molecule has 5 heteroatoms. The van der Waals surface area contributed by atoms with E-state index in [-0.39, 0.29) is 6.61 Å². The van der Waals surface area contributed by atoms with Crippen LogP contribution in [-0.2, 0) is 4.79 Å². The van der Waals surface area contributed by atoms with Gasteiger partial charge in [0.1, 0.15) is 23.9 Å². The lowest BCUT2D eigenvalue weighted by atomic mass is 10.2. The summed E-state index contributed by atoms with van der Waals surface area (Å²) in [4.78, 5) is 15.8. The Morgan fingerprint density at radius 3 is 2.90 bits per heavy atom. The molecule has 0 saturated heterocycles. The van der Waals surface area contributed by atoms with Crippen molar-refractivity contribution in [1.29, 1.82) is 0 Å². The number of likely N-dealkylation sites (N-methyl/N-ethyl adjacent to an activating group) is 1. The standard InChI is InChI=1S/C15H19N3O2/c1-3-17-12(15(16)19)9-20-13-6-4-5-11-8-7-10(2)18-14(11)13/h4-8,12,17H,3,9H2,1-2H3,(H2,16,19). The molecular formula is C15H19N3O2. The second kappa shape index (κ2) is 6.34. The first-order chi connectivity index (χ1) is 9.61. The number of primary amides is 1. The van der Waals surface area contributed by atoms with Crippen molar-refractivity contribution in [1.82, 2.24) is 10.3 Å². The van der Waals surface area contributed by atoms with Crippen molar-refractivity contribution in [2.24, 2.45) is 5.73 Å². The quantitative estimate of drug-likeness (QED) is 0.833. The Morgan fingerprint density at radius 2 is 2.20 bits per heavy atom. The van der Waals surface area contributed by atoms with E-state index in [9.17, 15) is 4.79 Å². The van der Waals surface area contributed by atoms with Crippen LogP contribution in [0, 0.1) is 6.92 Å². The average Bonchev–Trinajstić information content (AvgIpc) is 2.43. The van der Waals surface area contributed by atoms with Crippen molar-refractivity contribution in [2.75, 3.05) is 13.2 Å². The SMILES string of the molecule is CCNC(COc1cccc2ccc(C)nc12)C(N)=O. The van der Waals surface area contributed by atoms with E-state index < -0.39 is 11.9 Å². The molecule has 3 N–H and O–H groups in total. The number of nitrogens with two attached hydrogens (primary N) is 1. The highest BCUT2D eigenvalue weighted by atomic mass is 16.5. The first kappa shape index (κ1) is 14.3. The summed E-state index contributed by atoms with van der Waals surface area (Å²) in [6.07, 6.45) is 0. The van der Waals surface area contributed by atoms with Gasteiger partial charge in [0, 0.05) is 11.1 Å². The molecule has 0 aliphatic heterocycles. The molecule has 20 heavy (non-hydrogen) atoms. The maximum Gasteiger partial charge on any atom is 0.238 e. The Bertz CT molecular complexity index is 613. The smallest absolute Gasteiger partial charge is 0.238 e. The van der Waals surface area contributed by atoms with E-state index in [2.05, 4.69) is 10.3 Å². The van der Waals surface area contributed by atoms with Gasteiger partial charge < -0.3 is 15.8 Å². The van der Waals surface area contributed by atoms with Crippen molar-refractivity contribution in [3.63, 3.8) is 0 Å². The molecule has 0 aliphatic rings. The van der Waals surface area contributed by atoms with Gasteiger partial charge in [-0.2, -0.15) is 0 Å². The zero-order valence-corrected chi connectivity index (χ0v) is 11.7. The predicted octanol–water partition coefficient (Wildman–Crippen LogP) is 1.39. The lowest BCUT2D eigenvalue weighted by molar-refractivity contribution is -0.120. The van der Waals surface area contributed by atoms with Gasteiger partial charge in [-0.25, -0.2) is 4.98 Å². The first-order valence-electron chi connectivity index (χ1n) is 6.63. The molecule has 0 aliphatic carbocycles. The zero-order valence-electron chi connectivity index (χ0n) is 11.7. The van der Waals surface area contributed by atoms with Gasteiger partial charge in [0.15, 0.2) is 0 Å². The summed E-state index contributed by atoms with van der Waals surface area (Å²) in [5.74, 6) is 0.242. The number of pyridine rings is 1. The highest BCUT2D eigenvalue weighted by Gasteiger charge is 2.15. The van der Waals surface area contributed by atoms with E-state index in [4.69, 9.17) is 10.5 Å². The second-order valence-electron chi connectivity index (χ2n) is 4.60. The molecule has 1 amide bonds. The minimum atomic E-state index is -0.500. The number of rotatable bonds is 6. The minimum absolute atomic E-state index is 0.192. The maximum atomic E-state index is 11.3. The predicted molar refractivity (Wildman–Crippen MR) is 78.6 cm³/mol. The third kappa shape index (κ3) is 3.24. The summed E-state index contributed by atoms with van der Waals surface area (Å²) in [6, 6.07) is 9.18. The molecule has 2 rings (SSSR count). The first-order valence-corrected chi connectivity index (χ1v) is 6.63. The number of fused-ring (bicyclic) bond motifs is 1. The molecule has 1 atom stereocenters. The topological polar surface area (TPSA) is 77.2 Å². The van der Waals surface area contributed by atoms with Crippen LogP contribution < -0.4 is 15.8 Å². The van der Waals surface area contributed by atoms with Crippen LogP contribution in [0.15, 0.2) is 30.3 Å². The molecular weight excluding hydrogens is 254 g/mol. The normalized spacial score (nSPS) is 12.3. The Morgan fingerprint density at radius 1 is 1.40 bits per heavy atom. The lowest BCUT2D eigenvalue weighted by Gasteiger charge is -2.16. The van der Waals surface area contributed by atoms with E-state index in [1.807, 2.05) is 44.2 Å². The van der Waals surface area contributed by atoms with E-state index in [0.717, 1.165) is 16.6 Å². The van der Waals surface area contributed by atoms with Crippen LogP contribution in [0.25, 0.3) is 10.9 Å². The minimum Gasteiger partial charge on any atom is -0.489 e. The fourth-order valence-corrected chi connectivity index (χ4v) is 2.00. The molecule has 1 unspecified atom stereocenters. The molecule has 5 nitrogen and oxygen atoms in total. The summed E-state index contributed by atoms with van der Waals surface area (Å²) in [6.45, 7) is 4.70. The number of carbonyl (C=O) groups is 1. The zero-order chi connectivity index (χ0) is 14.5. The number of hydrogen-bond donors (Lipinski definition) is 2. The number of nitrogens with zero attached hydrogens (tertiary/aromatic N) is 1. The fourth-order valence-electron chi connectivity index (χ4n) is 2.00. The molecule has 0 spiro atoms. The third-order valence-corrected chi connectivity index (χ3v) is 3.02. The van der Waals surface area contributed by atoms with Crippen molar-refractivity contribution >= 4 is 16.8 Å². The number of benzene rings is 1. The summed E-state index contributed by atoms with van der Waals surface area (Å²) in [7, 11) is 0. The van der Waals surface area contributed by atoms with E-state index in [1.165, 1.54) is 0 Å². The van der Waals surface area contributed by atoms with Gasteiger partial charge in [-0.15, -0.1) is 0 Å². The van der Waals surface area contributed by atoms with Gasteiger partial charge in [-0.1, -0.05) is 25.1 Å². The number of para-hydroxylation sites is 1. The molecule has 0 bridgehead atoms. The fraction of sp³-hybridized carbons (Fsp3) is 0.333. The van der Waals surface area contributed by atoms with Crippen molar-refractivity contribution in [3.05, 3.63) is 36.0 Å². The number of hydrogen-bond acceptors (Lipinski definition) is 4. The largest absolute Gasteiger partial charge is 0.489 e. The number of carbonyl (C=O) groups excluding carboxylic acids is 1. The molecule has 1 aromatic heterocycles. The van der Waals surface area contributed by atoms with Gasteiger partial charge in [0.25, 0.3) is 0 Å². The molecule has 1 heterocycles. The van der Waals surface area contributed by atoms with Gasteiger partial charge in [0.05, 0.1) is 0 Å². The number of aromatic nitrogens is 1. The third-order valence-electron chi connectivity index (χ3n) is 3.02. The molecule has 0 saturated carbocycles. The number of ether oxygens (including phenoxy) is 1. The van der Waals surface area contributed by atoms with Crippen LogP contribution in [-0.4, -0.2) is 30.1 Å².